The molecule has 1 aliphatic rings. The molecular formula is C22H24N2O4. The van der Waals surface area contributed by atoms with Gasteiger partial charge in [-0.05, 0) is 48.2 Å². The first-order valence-corrected chi connectivity index (χ1v) is 9.10. The van der Waals surface area contributed by atoms with Crippen molar-refractivity contribution in [1.29, 1.82) is 0 Å². The van der Waals surface area contributed by atoms with Crippen LogP contribution in [0.3, 0.4) is 0 Å². The Morgan fingerprint density at radius 3 is 2.25 bits per heavy atom. The van der Waals surface area contributed by atoms with E-state index in [0.717, 1.165) is 5.56 Å². The minimum atomic E-state index is -0.690. The summed E-state index contributed by atoms with van der Waals surface area (Å²) in [5, 5.41) is 3.91. The Kier molecular flexibility index (Phi) is 5.78. The first-order chi connectivity index (χ1) is 13.5. The van der Waals surface area contributed by atoms with Gasteiger partial charge in [-0.15, -0.1) is 0 Å². The third kappa shape index (κ3) is 3.76. The summed E-state index contributed by atoms with van der Waals surface area (Å²) in [4.78, 5) is 31.4. The number of carbonyl (C=O) groups excluding carboxylic acids is 2. The van der Waals surface area contributed by atoms with Crippen molar-refractivity contribution in [3.8, 4) is 11.1 Å². The minimum Gasteiger partial charge on any atom is -0.467 e. The molecule has 6 nitrogen and oxygen atoms in total. The Labute approximate surface area is 164 Å². The molecular weight excluding hydrogens is 356 g/mol. The highest BCUT2D eigenvalue weighted by atomic mass is 16.6. The molecule has 2 aromatic carbocycles. The van der Waals surface area contributed by atoms with E-state index in [0.29, 0.717) is 17.7 Å². The number of hydrogen-bond donors (Lipinski definition) is 0. The van der Waals surface area contributed by atoms with Crippen molar-refractivity contribution in [3.63, 3.8) is 0 Å². The average molecular weight is 380 g/mol. The van der Waals surface area contributed by atoms with E-state index in [1.54, 1.807) is 12.1 Å². The molecule has 6 heteroatoms. The van der Waals surface area contributed by atoms with E-state index in [4.69, 9.17) is 9.57 Å². The second kappa shape index (κ2) is 8.25. The van der Waals surface area contributed by atoms with Crippen molar-refractivity contribution in [2.24, 2.45) is 5.16 Å². The van der Waals surface area contributed by atoms with Gasteiger partial charge >= 0.3 is 5.97 Å². The predicted molar refractivity (Wildman–Crippen MR) is 107 cm³/mol. The number of esters is 1. The third-order valence-corrected chi connectivity index (χ3v) is 5.01. The molecule has 0 aliphatic carbocycles. The number of rotatable bonds is 4. The van der Waals surface area contributed by atoms with E-state index < -0.39 is 12.0 Å². The van der Waals surface area contributed by atoms with Gasteiger partial charge in [0, 0.05) is 12.0 Å². The van der Waals surface area contributed by atoms with Crippen molar-refractivity contribution >= 4 is 17.6 Å². The van der Waals surface area contributed by atoms with Gasteiger partial charge in [0.25, 0.3) is 5.91 Å². The molecule has 1 saturated heterocycles. The molecule has 146 valence electrons. The van der Waals surface area contributed by atoms with Gasteiger partial charge in [-0.1, -0.05) is 35.5 Å². The van der Waals surface area contributed by atoms with Gasteiger partial charge in [-0.25, -0.2) is 4.79 Å². The van der Waals surface area contributed by atoms with Crippen LogP contribution in [-0.4, -0.2) is 49.3 Å². The second-order valence-corrected chi connectivity index (χ2v) is 6.86. The van der Waals surface area contributed by atoms with E-state index in [1.807, 2.05) is 18.2 Å². The number of hydrogen-bond acceptors (Lipinski definition) is 5. The molecule has 0 N–H and O–H groups in total. The zero-order chi connectivity index (χ0) is 20.3. The molecule has 28 heavy (non-hydrogen) atoms. The Balaban J connectivity index is 1.88. The molecule has 0 saturated carbocycles. The van der Waals surface area contributed by atoms with E-state index in [-0.39, 0.29) is 12.5 Å². The van der Waals surface area contributed by atoms with E-state index in [1.165, 1.54) is 35.8 Å². The highest BCUT2D eigenvalue weighted by molar-refractivity contribution is 6.04. The maximum atomic E-state index is 13.0. The first-order valence-electron chi connectivity index (χ1n) is 9.10. The fraction of sp³-hybridized carbons (Fsp3) is 0.318. The molecule has 1 atom stereocenters. The molecule has 2 aromatic rings. The maximum Gasteiger partial charge on any atom is 0.329 e. The van der Waals surface area contributed by atoms with Crippen LogP contribution in [0.15, 0.2) is 47.6 Å². The highest BCUT2D eigenvalue weighted by Gasteiger charge is 2.39. The Morgan fingerprint density at radius 1 is 1.04 bits per heavy atom. The van der Waals surface area contributed by atoms with Gasteiger partial charge in [0.15, 0.2) is 0 Å². The van der Waals surface area contributed by atoms with Crippen molar-refractivity contribution < 1.29 is 19.2 Å². The third-order valence-electron chi connectivity index (χ3n) is 5.01. The van der Waals surface area contributed by atoms with Gasteiger partial charge in [-0.2, -0.15) is 0 Å². The minimum absolute atomic E-state index is 0.232. The fourth-order valence-electron chi connectivity index (χ4n) is 3.68. The quantitative estimate of drug-likeness (QED) is 0.602. The van der Waals surface area contributed by atoms with Gasteiger partial charge in [0.2, 0.25) is 0 Å². The molecule has 0 spiro atoms. The Bertz CT molecular complexity index is 898. The molecule has 1 heterocycles. The van der Waals surface area contributed by atoms with Crippen LogP contribution in [-0.2, 0) is 14.4 Å². The van der Waals surface area contributed by atoms with Crippen LogP contribution in [0.2, 0.25) is 0 Å². The highest BCUT2D eigenvalue weighted by Crippen LogP contribution is 2.28. The summed E-state index contributed by atoms with van der Waals surface area (Å²) >= 11 is 0. The van der Waals surface area contributed by atoms with Gasteiger partial charge in [0.05, 0.1) is 19.4 Å². The smallest absolute Gasteiger partial charge is 0.329 e. The number of amides is 1. The normalized spacial score (nSPS) is 17.6. The maximum absolute atomic E-state index is 13.0. The molecule has 0 aromatic heterocycles. The second-order valence-electron chi connectivity index (χ2n) is 6.86. The summed E-state index contributed by atoms with van der Waals surface area (Å²) in [5.74, 6) is -0.688. The van der Waals surface area contributed by atoms with Crippen LogP contribution in [0.25, 0.3) is 11.1 Å². The van der Waals surface area contributed by atoms with Crippen LogP contribution < -0.4 is 0 Å². The molecule has 1 fully saturated rings. The van der Waals surface area contributed by atoms with Crippen LogP contribution in [0.1, 0.15) is 27.9 Å². The number of nitrogens with zero attached hydrogens (tertiary/aromatic N) is 2. The summed E-state index contributed by atoms with van der Waals surface area (Å²) < 4.78 is 4.85. The fourth-order valence-corrected chi connectivity index (χ4v) is 3.68. The van der Waals surface area contributed by atoms with Gasteiger partial charge in [-0.3, -0.25) is 4.79 Å². The summed E-state index contributed by atoms with van der Waals surface area (Å²) in [6.45, 7) is 4.39. The summed E-state index contributed by atoms with van der Waals surface area (Å²) in [7, 11) is 2.76. The summed E-state index contributed by atoms with van der Waals surface area (Å²) in [5.41, 5.74) is 5.75. The van der Waals surface area contributed by atoms with Crippen molar-refractivity contribution in [2.75, 3.05) is 20.8 Å². The molecule has 0 bridgehead atoms. The molecule has 1 aliphatic heterocycles. The largest absolute Gasteiger partial charge is 0.467 e. The number of carbonyl (C=O) groups is 2. The van der Waals surface area contributed by atoms with E-state index in [9.17, 15) is 9.59 Å². The lowest BCUT2D eigenvalue weighted by Crippen LogP contribution is -2.41. The monoisotopic (exact) mass is 380 g/mol. The molecule has 0 radical (unpaired) electrons. The first kappa shape index (κ1) is 19.6. The molecule has 0 unspecified atom stereocenters. The Hall–Kier alpha value is -3.15. The topological polar surface area (TPSA) is 68.2 Å². The van der Waals surface area contributed by atoms with Crippen LogP contribution in [0.4, 0.5) is 0 Å². The van der Waals surface area contributed by atoms with Crippen LogP contribution >= 0.6 is 0 Å². The average Bonchev–Trinajstić information content (AvgIpc) is 3.11. The zero-order valence-corrected chi connectivity index (χ0v) is 16.6. The standard InChI is InChI=1S/C22H24N2O4/c1-14-6-5-7-15(2)20(14)16-8-10-17(11-9-16)21(25)24-13-18(23-28-4)12-19(24)22(26)27-3/h5-11,19H,12-13H2,1-4H3/t19-/m0/s1. The molecule has 1 amide bonds. The zero-order valence-electron chi connectivity index (χ0n) is 16.6. The Morgan fingerprint density at radius 2 is 1.68 bits per heavy atom. The SMILES string of the molecule is CON=C1C[C@@H](C(=O)OC)N(C(=O)c2ccc(-c3c(C)cccc3C)cc2)C1. The van der Waals surface area contributed by atoms with E-state index in [2.05, 4.69) is 31.1 Å². The predicted octanol–water partition coefficient (Wildman–Crippen LogP) is 3.36. The number of aryl methyl sites for hydroxylation is 2. The number of oxime groups is 1. The lowest BCUT2D eigenvalue weighted by molar-refractivity contribution is -0.145. The number of benzene rings is 2. The van der Waals surface area contributed by atoms with Gasteiger partial charge < -0.3 is 14.5 Å². The lowest BCUT2D eigenvalue weighted by atomic mass is 9.95. The lowest BCUT2D eigenvalue weighted by Gasteiger charge is -2.22. The van der Waals surface area contributed by atoms with Crippen molar-refractivity contribution in [3.05, 3.63) is 59.2 Å². The van der Waals surface area contributed by atoms with Crippen molar-refractivity contribution in [2.45, 2.75) is 26.3 Å². The summed E-state index contributed by atoms with van der Waals surface area (Å²) in [6, 6.07) is 13.0. The van der Waals surface area contributed by atoms with Crippen molar-refractivity contribution in [1.82, 2.24) is 4.90 Å². The summed E-state index contributed by atoms with van der Waals surface area (Å²) in [6.07, 6.45) is 0.312. The van der Waals surface area contributed by atoms with Gasteiger partial charge in [0.1, 0.15) is 13.2 Å². The number of methoxy groups -OCH3 is 1. The van der Waals surface area contributed by atoms with Crippen LogP contribution in [0, 0.1) is 13.8 Å². The van der Waals surface area contributed by atoms with Crippen LogP contribution in [0.5, 0.6) is 0 Å². The number of likely N-dealkylation sites (tertiary alicyclic amines) is 1. The molecule has 3 rings (SSSR count). The van der Waals surface area contributed by atoms with E-state index >= 15 is 0 Å². The number of ether oxygens (including phenoxy) is 1.